The Hall–Kier alpha value is -0.910. The van der Waals surface area contributed by atoms with Crippen molar-refractivity contribution in [1.82, 2.24) is 10.2 Å². The van der Waals surface area contributed by atoms with E-state index in [1.807, 2.05) is 37.9 Å². The van der Waals surface area contributed by atoms with Crippen LogP contribution in [-0.2, 0) is 9.84 Å². The van der Waals surface area contributed by atoms with Crippen molar-refractivity contribution in [2.45, 2.75) is 24.1 Å². The van der Waals surface area contributed by atoms with Gasteiger partial charge in [0.25, 0.3) is 0 Å². The summed E-state index contributed by atoms with van der Waals surface area (Å²) in [6.45, 7) is 5.92. The summed E-state index contributed by atoms with van der Waals surface area (Å²) in [5, 5.41) is 2.69. The summed E-state index contributed by atoms with van der Waals surface area (Å²) in [6.07, 6.45) is 0. The zero-order chi connectivity index (χ0) is 13.3. The van der Waals surface area contributed by atoms with Gasteiger partial charge in [0.05, 0.1) is 4.90 Å². The summed E-state index contributed by atoms with van der Waals surface area (Å²) < 4.78 is 25.3. The van der Waals surface area contributed by atoms with Crippen LogP contribution >= 0.6 is 0 Å². The van der Waals surface area contributed by atoms with Gasteiger partial charge in [-0.3, -0.25) is 4.90 Å². The van der Waals surface area contributed by atoms with Crippen LogP contribution in [0.5, 0.6) is 0 Å². The van der Waals surface area contributed by atoms with Gasteiger partial charge >= 0.3 is 0 Å². The van der Waals surface area contributed by atoms with Gasteiger partial charge in [-0.05, 0) is 32.5 Å². The largest absolute Gasteiger partial charge is 0.313 e. The number of likely N-dealkylation sites (N-methyl/N-ethyl adjacent to an activating group) is 1. The number of piperazine rings is 1. The van der Waals surface area contributed by atoms with Crippen molar-refractivity contribution in [2.24, 2.45) is 0 Å². The van der Waals surface area contributed by atoms with E-state index in [2.05, 4.69) is 5.32 Å². The molecule has 1 aromatic rings. The lowest BCUT2D eigenvalue weighted by Gasteiger charge is -2.32. The second-order valence-corrected chi connectivity index (χ2v) is 7.03. The van der Waals surface area contributed by atoms with Crippen LogP contribution in [0.25, 0.3) is 0 Å². The third-order valence-corrected chi connectivity index (χ3v) is 5.76. The molecule has 0 amide bonds. The topological polar surface area (TPSA) is 49.4 Å². The molecule has 2 rings (SSSR count). The van der Waals surface area contributed by atoms with Crippen LogP contribution in [0.15, 0.2) is 23.1 Å². The maximum Gasteiger partial charge on any atom is 0.195 e. The van der Waals surface area contributed by atoms with Gasteiger partial charge < -0.3 is 5.32 Å². The molecule has 4 nitrogen and oxygen atoms in total. The first-order valence-electron chi connectivity index (χ1n) is 6.15. The Morgan fingerprint density at radius 3 is 2.67 bits per heavy atom. The molecule has 100 valence electrons. The molecule has 18 heavy (non-hydrogen) atoms. The number of rotatable bonds is 2. The molecule has 1 atom stereocenters. The molecular weight excluding hydrogens is 248 g/mol. The van der Waals surface area contributed by atoms with Crippen LogP contribution in [0.4, 0.5) is 0 Å². The molecule has 1 aromatic carbocycles. The maximum absolute atomic E-state index is 12.6. The highest BCUT2D eigenvalue weighted by atomic mass is 32.2. The predicted octanol–water partition coefficient (Wildman–Crippen LogP) is 0.938. The minimum Gasteiger partial charge on any atom is -0.313 e. The van der Waals surface area contributed by atoms with Gasteiger partial charge in [0.15, 0.2) is 9.84 Å². The molecular formula is C13H20N2O2S. The first kappa shape index (κ1) is 13.5. The van der Waals surface area contributed by atoms with E-state index in [0.717, 1.165) is 24.2 Å². The Morgan fingerprint density at radius 1 is 1.33 bits per heavy atom. The second kappa shape index (κ2) is 4.99. The van der Waals surface area contributed by atoms with Crippen LogP contribution in [0.1, 0.15) is 11.1 Å². The van der Waals surface area contributed by atoms with Gasteiger partial charge in [0.1, 0.15) is 5.37 Å². The van der Waals surface area contributed by atoms with Crippen LogP contribution in [0, 0.1) is 13.8 Å². The molecule has 0 aromatic heterocycles. The number of sulfone groups is 1. The maximum atomic E-state index is 12.6. The average Bonchev–Trinajstić information content (AvgIpc) is 2.28. The molecule has 0 spiro atoms. The normalized spacial score (nSPS) is 22.1. The van der Waals surface area contributed by atoms with E-state index < -0.39 is 15.2 Å². The van der Waals surface area contributed by atoms with E-state index in [9.17, 15) is 8.42 Å². The highest BCUT2D eigenvalue weighted by Crippen LogP contribution is 2.23. The fourth-order valence-corrected chi connectivity index (χ4v) is 4.37. The van der Waals surface area contributed by atoms with Crippen molar-refractivity contribution in [2.75, 3.05) is 26.7 Å². The third-order valence-electron chi connectivity index (χ3n) is 3.45. The fraction of sp³-hybridized carbons (Fsp3) is 0.538. The van der Waals surface area contributed by atoms with Gasteiger partial charge in [-0.25, -0.2) is 8.42 Å². The lowest BCUT2D eigenvalue weighted by molar-refractivity contribution is 0.255. The summed E-state index contributed by atoms with van der Waals surface area (Å²) in [7, 11) is -1.43. The van der Waals surface area contributed by atoms with Gasteiger partial charge in [0.2, 0.25) is 0 Å². The SMILES string of the molecule is Cc1ccc(S(=O)(=O)C2CNCCN2C)c(C)c1. The Labute approximate surface area is 109 Å². The van der Waals surface area contributed by atoms with Crippen molar-refractivity contribution >= 4 is 9.84 Å². The van der Waals surface area contributed by atoms with Gasteiger partial charge in [0, 0.05) is 19.6 Å². The monoisotopic (exact) mass is 268 g/mol. The van der Waals surface area contributed by atoms with E-state index in [4.69, 9.17) is 0 Å². The number of benzene rings is 1. The Kier molecular flexibility index (Phi) is 3.75. The molecule has 0 saturated carbocycles. The van der Waals surface area contributed by atoms with Gasteiger partial charge in [-0.2, -0.15) is 0 Å². The molecule has 0 radical (unpaired) electrons. The Morgan fingerprint density at radius 2 is 2.06 bits per heavy atom. The van der Waals surface area contributed by atoms with Crippen molar-refractivity contribution in [3.8, 4) is 0 Å². The number of hydrogen-bond donors (Lipinski definition) is 1. The predicted molar refractivity (Wildman–Crippen MR) is 72.4 cm³/mol. The molecule has 1 unspecified atom stereocenters. The van der Waals surface area contributed by atoms with Gasteiger partial charge in [-0.15, -0.1) is 0 Å². The molecule has 1 aliphatic rings. The Balaban J connectivity index is 2.41. The number of hydrogen-bond acceptors (Lipinski definition) is 4. The molecule has 1 saturated heterocycles. The third kappa shape index (κ3) is 2.43. The molecule has 1 N–H and O–H groups in total. The van der Waals surface area contributed by atoms with E-state index >= 15 is 0 Å². The molecule has 0 aliphatic carbocycles. The zero-order valence-corrected chi connectivity index (χ0v) is 11.9. The molecule has 0 bridgehead atoms. The quantitative estimate of drug-likeness (QED) is 0.867. The first-order valence-corrected chi connectivity index (χ1v) is 7.69. The van der Waals surface area contributed by atoms with Crippen molar-refractivity contribution < 1.29 is 8.42 Å². The van der Waals surface area contributed by atoms with Crippen molar-refractivity contribution in [3.63, 3.8) is 0 Å². The number of nitrogens with zero attached hydrogens (tertiary/aromatic N) is 1. The lowest BCUT2D eigenvalue weighted by Crippen LogP contribution is -2.52. The Bertz CT molecular complexity index is 540. The fourth-order valence-electron chi connectivity index (χ4n) is 2.39. The van der Waals surface area contributed by atoms with E-state index in [1.54, 1.807) is 6.07 Å². The summed E-state index contributed by atoms with van der Waals surface area (Å²) in [6, 6.07) is 5.50. The molecule has 1 heterocycles. The second-order valence-electron chi connectivity index (χ2n) is 4.95. The highest BCUT2D eigenvalue weighted by Gasteiger charge is 2.33. The van der Waals surface area contributed by atoms with Gasteiger partial charge in [-0.1, -0.05) is 17.7 Å². The standard InChI is InChI=1S/C13H20N2O2S/c1-10-4-5-12(11(2)8-10)18(16,17)13-9-14-6-7-15(13)3/h4-5,8,13-14H,6-7,9H2,1-3H3. The minimum atomic E-state index is -3.30. The molecule has 1 fully saturated rings. The van der Waals surface area contributed by atoms with Crippen LogP contribution in [0.3, 0.4) is 0 Å². The van der Waals surface area contributed by atoms with Crippen LogP contribution < -0.4 is 5.32 Å². The van der Waals surface area contributed by atoms with Crippen molar-refractivity contribution in [3.05, 3.63) is 29.3 Å². The number of aryl methyl sites for hydroxylation is 2. The molecule has 1 aliphatic heterocycles. The lowest BCUT2D eigenvalue weighted by atomic mass is 10.2. The summed E-state index contributed by atoms with van der Waals surface area (Å²) in [5.74, 6) is 0. The zero-order valence-electron chi connectivity index (χ0n) is 11.1. The summed E-state index contributed by atoms with van der Waals surface area (Å²) in [5.41, 5.74) is 1.91. The van der Waals surface area contributed by atoms with Crippen LogP contribution in [-0.4, -0.2) is 45.4 Å². The van der Waals surface area contributed by atoms with E-state index in [1.165, 1.54) is 0 Å². The summed E-state index contributed by atoms with van der Waals surface area (Å²) in [4.78, 5) is 2.36. The minimum absolute atomic E-state index is 0.452. The molecule has 5 heteroatoms. The van der Waals surface area contributed by atoms with Crippen molar-refractivity contribution in [1.29, 1.82) is 0 Å². The van der Waals surface area contributed by atoms with E-state index in [-0.39, 0.29) is 0 Å². The highest BCUT2D eigenvalue weighted by molar-refractivity contribution is 7.92. The average molecular weight is 268 g/mol. The smallest absolute Gasteiger partial charge is 0.195 e. The number of nitrogens with one attached hydrogen (secondary N) is 1. The van der Waals surface area contributed by atoms with Crippen LogP contribution in [0.2, 0.25) is 0 Å². The summed E-state index contributed by atoms with van der Waals surface area (Å²) >= 11 is 0. The first-order chi connectivity index (χ1) is 8.43. The van der Waals surface area contributed by atoms with E-state index in [0.29, 0.717) is 11.4 Å².